The van der Waals surface area contributed by atoms with Crippen LogP contribution in [0.25, 0.3) is 22.4 Å². The van der Waals surface area contributed by atoms with Crippen molar-refractivity contribution in [3.63, 3.8) is 0 Å². The highest BCUT2D eigenvalue weighted by Crippen LogP contribution is 2.39. The van der Waals surface area contributed by atoms with Gasteiger partial charge in [-0.15, -0.1) is 0 Å². The summed E-state index contributed by atoms with van der Waals surface area (Å²) in [5.74, 6) is -0.0267. The van der Waals surface area contributed by atoms with Crippen LogP contribution in [-0.4, -0.2) is 30.6 Å². The van der Waals surface area contributed by atoms with Crippen LogP contribution in [0.15, 0.2) is 60.7 Å². The van der Waals surface area contributed by atoms with Gasteiger partial charge < -0.3 is 15.2 Å². The van der Waals surface area contributed by atoms with Gasteiger partial charge in [0, 0.05) is 17.1 Å². The average Bonchev–Trinajstić information content (AvgIpc) is 3.10. The van der Waals surface area contributed by atoms with Crippen molar-refractivity contribution in [2.75, 3.05) is 20.1 Å². The van der Waals surface area contributed by atoms with Gasteiger partial charge in [0.25, 0.3) is 5.91 Å². The van der Waals surface area contributed by atoms with E-state index in [1.165, 1.54) is 0 Å². The van der Waals surface area contributed by atoms with Gasteiger partial charge >= 0.3 is 0 Å². The number of carbonyl (C=O) groups excluding carboxylic acids is 1. The van der Waals surface area contributed by atoms with Crippen LogP contribution in [-0.2, 0) is 0 Å². The lowest BCUT2D eigenvalue weighted by Gasteiger charge is -2.29. The molecular formula is C22H22ClN3O. The molecule has 1 unspecified atom stereocenters. The van der Waals surface area contributed by atoms with Crippen molar-refractivity contribution in [1.82, 2.24) is 15.2 Å². The number of amides is 1. The molecule has 1 aromatic heterocycles. The predicted octanol–water partition coefficient (Wildman–Crippen LogP) is 4.37. The van der Waals surface area contributed by atoms with E-state index in [0.717, 1.165) is 35.3 Å². The second-order valence-corrected chi connectivity index (χ2v) is 7.23. The van der Waals surface area contributed by atoms with Crippen molar-refractivity contribution in [1.29, 1.82) is 0 Å². The first kappa shape index (κ1) is 17.8. The van der Waals surface area contributed by atoms with Crippen LogP contribution in [0, 0.1) is 0 Å². The monoisotopic (exact) mass is 379 g/mol. The Morgan fingerprint density at radius 1 is 1.11 bits per heavy atom. The molecule has 4 rings (SSSR count). The van der Waals surface area contributed by atoms with Crippen LogP contribution in [0.2, 0.25) is 5.02 Å². The second-order valence-electron chi connectivity index (χ2n) is 6.79. The highest BCUT2D eigenvalue weighted by molar-refractivity contribution is 6.30. The molecule has 0 saturated carbocycles. The summed E-state index contributed by atoms with van der Waals surface area (Å²) in [6.45, 7) is 1.52. The van der Waals surface area contributed by atoms with Gasteiger partial charge in [0.15, 0.2) is 0 Å². The number of hydrogen-bond donors (Lipinski definition) is 2. The molecule has 1 aliphatic rings. The molecule has 0 bridgehead atoms. The van der Waals surface area contributed by atoms with E-state index in [-0.39, 0.29) is 11.9 Å². The Morgan fingerprint density at radius 3 is 2.63 bits per heavy atom. The molecule has 1 aliphatic heterocycles. The quantitative estimate of drug-likeness (QED) is 0.691. The molecule has 0 fully saturated rings. The van der Waals surface area contributed by atoms with Crippen molar-refractivity contribution in [3.05, 3.63) is 71.4 Å². The van der Waals surface area contributed by atoms with Gasteiger partial charge in [0.1, 0.15) is 5.69 Å². The van der Waals surface area contributed by atoms with Crippen molar-refractivity contribution in [3.8, 4) is 22.4 Å². The number of hydrogen-bond acceptors (Lipinski definition) is 2. The Labute approximate surface area is 164 Å². The first-order valence-electron chi connectivity index (χ1n) is 9.18. The predicted molar refractivity (Wildman–Crippen MR) is 110 cm³/mol. The summed E-state index contributed by atoms with van der Waals surface area (Å²) < 4.78 is 2.21. The number of aromatic nitrogens is 1. The molecule has 1 amide bonds. The maximum Gasteiger partial charge on any atom is 0.268 e. The topological polar surface area (TPSA) is 46.1 Å². The zero-order valence-electron chi connectivity index (χ0n) is 15.2. The molecule has 4 nitrogen and oxygen atoms in total. The van der Waals surface area contributed by atoms with Gasteiger partial charge in [0.05, 0.1) is 11.7 Å². The van der Waals surface area contributed by atoms with E-state index in [1.807, 2.05) is 55.6 Å². The molecular weight excluding hydrogens is 358 g/mol. The molecule has 2 N–H and O–H groups in total. The first-order valence-corrected chi connectivity index (χ1v) is 9.56. The molecule has 138 valence electrons. The summed E-state index contributed by atoms with van der Waals surface area (Å²) in [5.41, 5.74) is 4.93. The highest BCUT2D eigenvalue weighted by Gasteiger charge is 2.30. The number of nitrogens with one attached hydrogen (secondary N) is 2. The Hall–Kier alpha value is -2.56. The summed E-state index contributed by atoms with van der Waals surface area (Å²) in [6, 6.07) is 20.3. The zero-order valence-corrected chi connectivity index (χ0v) is 16.0. The summed E-state index contributed by atoms with van der Waals surface area (Å²) in [4.78, 5) is 12.6. The van der Waals surface area contributed by atoms with Crippen molar-refractivity contribution < 1.29 is 4.79 Å². The van der Waals surface area contributed by atoms with Gasteiger partial charge in [-0.05, 0) is 49.3 Å². The third kappa shape index (κ3) is 3.38. The van der Waals surface area contributed by atoms with E-state index in [4.69, 9.17) is 11.6 Å². The third-order valence-corrected chi connectivity index (χ3v) is 5.28. The maximum absolute atomic E-state index is 12.6. The van der Waals surface area contributed by atoms with E-state index < -0.39 is 0 Å². The Kier molecular flexibility index (Phi) is 5.01. The number of benzene rings is 2. The maximum atomic E-state index is 12.6. The van der Waals surface area contributed by atoms with E-state index in [2.05, 4.69) is 27.3 Å². The minimum Gasteiger partial charge on any atom is -0.349 e. The smallest absolute Gasteiger partial charge is 0.268 e. The van der Waals surface area contributed by atoms with Crippen LogP contribution in [0.1, 0.15) is 23.0 Å². The number of rotatable bonds is 5. The largest absolute Gasteiger partial charge is 0.349 e. The zero-order chi connectivity index (χ0) is 18.8. The Balaban J connectivity index is 1.96. The van der Waals surface area contributed by atoms with Gasteiger partial charge in [-0.3, -0.25) is 4.79 Å². The van der Waals surface area contributed by atoms with E-state index in [1.54, 1.807) is 0 Å². The minimum atomic E-state index is -0.0267. The lowest BCUT2D eigenvalue weighted by molar-refractivity contribution is 0.0914. The fraction of sp³-hybridized carbons (Fsp3) is 0.227. The van der Waals surface area contributed by atoms with Gasteiger partial charge in [0.2, 0.25) is 0 Å². The summed E-state index contributed by atoms with van der Waals surface area (Å²) in [5, 5.41) is 6.94. The fourth-order valence-corrected chi connectivity index (χ4v) is 3.97. The average molecular weight is 380 g/mol. The van der Waals surface area contributed by atoms with Gasteiger partial charge in [-0.2, -0.15) is 0 Å². The number of fused-ring (bicyclic) bond motifs is 1. The summed E-state index contributed by atoms with van der Waals surface area (Å²) in [6.07, 6.45) is 0.938. The molecule has 0 spiro atoms. The molecule has 2 heterocycles. The van der Waals surface area contributed by atoms with Crippen LogP contribution in [0.5, 0.6) is 0 Å². The first-order chi connectivity index (χ1) is 13.2. The lowest BCUT2D eigenvalue weighted by Crippen LogP contribution is -2.39. The van der Waals surface area contributed by atoms with Crippen LogP contribution < -0.4 is 10.6 Å². The van der Waals surface area contributed by atoms with Crippen molar-refractivity contribution in [2.24, 2.45) is 0 Å². The lowest BCUT2D eigenvalue weighted by atomic mass is 10.0. The fourth-order valence-electron chi connectivity index (χ4n) is 3.78. The Morgan fingerprint density at radius 2 is 1.89 bits per heavy atom. The van der Waals surface area contributed by atoms with E-state index in [0.29, 0.717) is 17.3 Å². The minimum absolute atomic E-state index is 0.0267. The van der Waals surface area contributed by atoms with Crippen molar-refractivity contribution >= 4 is 17.5 Å². The molecule has 5 heteroatoms. The second kappa shape index (κ2) is 7.59. The molecule has 2 aromatic carbocycles. The van der Waals surface area contributed by atoms with Crippen LogP contribution in [0.4, 0.5) is 0 Å². The standard InChI is InChI=1S/C22H22ClN3O/c1-24-11-10-18-14-25-22(27)20-13-19(16-8-5-9-17(23)12-16)21(26(18)20)15-6-3-2-4-7-15/h2-9,12-13,18,24H,10-11,14H2,1H3,(H,25,27). The SMILES string of the molecule is CNCCC1CNC(=O)c2cc(-c3cccc(Cl)c3)c(-c3ccccc3)n21. The molecule has 27 heavy (non-hydrogen) atoms. The van der Waals surface area contributed by atoms with Gasteiger partial charge in [-0.25, -0.2) is 0 Å². The number of nitrogens with zero attached hydrogens (tertiary/aromatic N) is 1. The number of halogens is 1. The molecule has 3 aromatic rings. The molecule has 0 saturated heterocycles. The number of carbonyl (C=O) groups is 1. The molecule has 0 aliphatic carbocycles. The summed E-state index contributed by atoms with van der Waals surface area (Å²) >= 11 is 6.25. The summed E-state index contributed by atoms with van der Waals surface area (Å²) in [7, 11) is 1.95. The van der Waals surface area contributed by atoms with Crippen LogP contribution >= 0.6 is 11.6 Å². The molecule has 1 atom stereocenters. The van der Waals surface area contributed by atoms with Gasteiger partial charge in [-0.1, -0.05) is 54.1 Å². The van der Waals surface area contributed by atoms with Crippen LogP contribution in [0.3, 0.4) is 0 Å². The third-order valence-electron chi connectivity index (χ3n) is 5.04. The van der Waals surface area contributed by atoms with Crippen molar-refractivity contribution in [2.45, 2.75) is 12.5 Å². The normalized spacial score (nSPS) is 16.1. The highest BCUT2D eigenvalue weighted by atomic mass is 35.5. The molecule has 0 radical (unpaired) electrons. The van der Waals surface area contributed by atoms with E-state index >= 15 is 0 Å². The Bertz CT molecular complexity index is 965. The van der Waals surface area contributed by atoms with E-state index in [9.17, 15) is 4.79 Å².